The summed E-state index contributed by atoms with van der Waals surface area (Å²) in [4.78, 5) is 0. The first kappa shape index (κ1) is 12.2. The van der Waals surface area contributed by atoms with Crippen LogP contribution < -0.4 is 0 Å². The summed E-state index contributed by atoms with van der Waals surface area (Å²) in [7, 11) is 0. The van der Waals surface area contributed by atoms with Crippen LogP contribution in [0.4, 0.5) is 0 Å². The normalized spacial score (nSPS) is 11.2. The quantitative estimate of drug-likeness (QED) is 0.396. The summed E-state index contributed by atoms with van der Waals surface area (Å²) in [5, 5.41) is 8.19. The highest BCUT2D eigenvalue weighted by atomic mass is 35.7. The van der Waals surface area contributed by atoms with Crippen LogP contribution in [0.3, 0.4) is 0 Å². The molecule has 0 radical (unpaired) electrons. The van der Waals surface area contributed by atoms with Crippen molar-refractivity contribution in [3.8, 4) is 6.07 Å². The molecule has 0 saturated carbocycles. The predicted octanol–water partition coefficient (Wildman–Crippen LogP) is 2.86. The van der Waals surface area contributed by atoms with Crippen molar-refractivity contribution < 1.29 is 4.74 Å². The average Bonchev–Trinajstić information content (AvgIpc) is 1.94. The van der Waals surface area contributed by atoms with Crippen molar-refractivity contribution in [2.24, 2.45) is 0 Å². The summed E-state index contributed by atoms with van der Waals surface area (Å²) in [6, 6.07) is 2.86. The van der Waals surface area contributed by atoms with Crippen LogP contribution in [0.15, 0.2) is 0 Å². The van der Waals surface area contributed by atoms with E-state index >= 15 is 0 Å². The van der Waals surface area contributed by atoms with Gasteiger partial charge in [-0.1, -0.05) is 0 Å². The minimum Gasteiger partial charge on any atom is -0.380 e. The molecule has 0 unspecified atom stereocenters. The largest absolute Gasteiger partial charge is 0.380 e. The summed E-state index contributed by atoms with van der Waals surface area (Å²) in [6.07, 6.45) is 1.34. The Hall–Kier alpha value is 0.247. The number of hydrogen-bond donors (Lipinski definition) is 0. The van der Waals surface area contributed by atoms with Crippen molar-refractivity contribution >= 4 is 28.9 Å². The maximum Gasteiger partial charge on any atom is 0.248 e. The molecule has 0 aromatic carbocycles. The van der Waals surface area contributed by atoms with Gasteiger partial charge in [-0.05, 0) is 19.0 Å². The molecule has 0 amide bonds. The summed E-state index contributed by atoms with van der Waals surface area (Å²) in [6.45, 7) is 1.14. The summed E-state index contributed by atoms with van der Waals surface area (Å²) in [5.74, 6) is 0. The molecule has 2 nitrogen and oxygen atoms in total. The average molecular weight is 226 g/mol. The Morgan fingerprint density at radius 1 is 1.42 bits per heavy atom. The van der Waals surface area contributed by atoms with E-state index in [1.54, 1.807) is 0 Å². The topological polar surface area (TPSA) is 33.0 Å². The van der Waals surface area contributed by atoms with Gasteiger partial charge in [-0.2, -0.15) is 5.26 Å². The second-order valence-electron chi connectivity index (χ2n) is 2.69. The zero-order valence-corrected chi connectivity index (χ0v) is 9.66. The van der Waals surface area contributed by atoms with Gasteiger partial charge in [0, 0.05) is 6.61 Å². The predicted molar refractivity (Wildman–Crippen MR) is 53.8 cm³/mol. The number of nitriles is 1. The van der Waals surface area contributed by atoms with E-state index < -0.39 is 6.69 Å². The smallest absolute Gasteiger partial charge is 0.248 e. The monoisotopic (exact) mass is 225 g/mol. The first-order valence-electron chi connectivity index (χ1n) is 3.89. The zero-order chi connectivity index (χ0) is 9.45. The van der Waals surface area contributed by atoms with Gasteiger partial charge in [0.25, 0.3) is 0 Å². The number of nitrogens with zero attached hydrogens (tertiary/aromatic N) is 1. The number of rotatable bonds is 6. The molecule has 0 atom stereocenters. The molecule has 0 aliphatic carbocycles. The van der Waals surface area contributed by atoms with Gasteiger partial charge in [0.05, 0.1) is 19.1 Å². The lowest BCUT2D eigenvalue weighted by molar-refractivity contribution is 0.140. The van der Waals surface area contributed by atoms with Crippen LogP contribution in [-0.2, 0) is 4.74 Å². The fourth-order valence-electron chi connectivity index (χ4n) is 0.705. The molecule has 0 aliphatic heterocycles. The Kier molecular flexibility index (Phi) is 6.87. The van der Waals surface area contributed by atoms with E-state index in [0.29, 0.717) is 19.6 Å². The third-order valence-corrected chi connectivity index (χ3v) is 3.63. The Bertz CT molecular complexity index is 152. The Balaban J connectivity index is 3.07. The maximum absolute atomic E-state index is 8.19. The molecule has 5 heteroatoms. The lowest BCUT2D eigenvalue weighted by Crippen LogP contribution is -2.13. The van der Waals surface area contributed by atoms with Crippen LogP contribution in [0.1, 0.15) is 12.8 Å². The maximum atomic E-state index is 8.19. The third kappa shape index (κ3) is 10.2. The lowest BCUT2D eigenvalue weighted by atomic mass is 10.5. The fourth-order valence-corrected chi connectivity index (χ4v) is 2.27. The molecular formula is C7H13Cl2NOSi. The molecule has 0 rings (SSSR count). The van der Waals surface area contributed by atoms with Gasteiger partial charge in [-0.25, -0.2) is 0 Å². The van der Waals surface area contributed by atoms with E-state index in [1.807, 2.05) is 12.6 Å². The molecule has 70 valence electrons. The molecule has 12 heavy (non-hydrogen) atoms. The van der Waals surface area contributed by atoms with Crippen LogP contribution in [0.5, 0.6) is 0 Å². The van der Waals surface area contributed by atoms with Crippen LogP contribution in [-0.4, -0.2) is 19.9 Å². The van der Waals surface area contributed by atoms with E-state index in [1.165, 1.54) is 0 Å². The lowest BCUT2D eigenvalue weighted by Gasteiger charge is -2.08. The molecule has 0 saturated heterocycles. The van der Waals surface area contributed by atoms with E-state index in [2.05, 4.69) is 0 Å². The Morgan fingerprint density at radius 2 is 2.08 bits per heavy atom. The van der Waals surface area contributed by atoms with Gasteiger partial charge in [0.2, 0.25) is 6.69 Å². The van der Waals surface area contributed by atoms with Crippen molar-refractivity contribution in [3.63, 3.8) is 0 Å². The highest BCUT2D eigenvalue weighted by Gasteiger charge is 2.19. The minimum absolute atomic E-state index is 0.455. The third-order valence-electron chi connectivity index (χ3n) is 1.26. The van der Waals surface area contributed by atoms with Crippen LogP contribution in [0.2, 0.25) is 12.6 Å². The van der Waals surface area contributed by atoms with Crippen molar-refractivity contribution in [3.05, 3.63) is 0 Å². The van der Waals surface area contributed by atoms with E-state index in [0.717, 1.165) is 12.5 Å². The van der Waals surface area contributed by atoms with E-state index in [9.17, 15) is 0 Å². The number of ether oxygens (including phenoxy) is 1. The SMILES string of the molecule is C[Si](Cl)(Cl)CCCOCCC#N. The summed E-state index contributed by atoms with van der Waals surface area (Å²) < 4.78 is 5.15. The van der Waals surface area contributed by atoms with Gasteiger partial charge < -0.3 is 4.74 Å². The van der Waals surface area contributed by atoms with Crippen LogP contribution >= 0.6 is 22.2 Å². The highest BCUT2D eigenvalue weighted by molar-refractivity contribution is 7.44. The molecule has 0 spiro atoms. The van der Waals surface area contributed by atoms with Crippen LogP contribution in [0.25, 0.3) is 0 Å². The van der Waals surface area contributed by atoms with Gasteiger partial charge in [-0.3, -0.25) is 0 Å². The molecule has 0 heterocycles. The fraction of sp³-hybridized carbons (Fsp3) is 0.857. The summed E-state index contributed by atoms with van der Waals surface area (Å²) in [5.41, 5.74) is 0. The molecule has 0 bridgehead atoms. The molecule has 0 fully saturated rings. The zero-order valence-electron chi connectivity index (χ0n) is 7.15. The standard InChI is InChI=1S/C7H13Cl2NOSi/c1-12(8,9)7-3-6-11-5-2-4-10/h2-3,5-7H2,1H3. The van der Waals surface area contributed by atoms with Gasteiger partial charge in [0.1, 0.15) is 0 Å². The first-order valence-corrected chi connectivity index (χ1v) is 8.62. The second-order valence-corrected chi connectivity index (χ2v) is 10.9. The van der Waals surface area contributed by atoms with Gasteiger partial charge >= 0.3 is 0 Å². The Labute approximate surface area is 83.8 Å². The first-order chi connectivity index (χ1) is 5.56. The summed E-state index contributed by atoms with van der Waals surface area (Å²) >= 11 is 11.7. The van der Waals surface area contributed by atoms with E-state index in [-0.39, 0.29) is 0 Å². The van der Waals surface area contributed by atoms with Crippen molar-refractivity contribution in [1.29, 1.82) is 5.26 Å². The molecule has 0 aromatic rings. The molecule has 0 aliphatic rings. The van der Waals surface area contributed by atoms with Crippen LogP contribution in [0, 0.1) is 11.3 Å². The molecule has 0 N–H and O–H groups in total. The highest BCUT2D eigenvalue weighted by Crippen LogP contribution is 2.21. The van der Waals surface area contributed by atoms with Gasteiger partial charge in [-0.15, -0.1) is 22.2 Å². The van der Waals surface area contributed by atoms with Crippen molar-refractivity contribution in [2.45, 2.75) is 25.4 Å². The van der Waals surface area contributed by atoms with Crippen molar-refractivity contribution in [2.75, 3.05) is 13.2 Å². The van der Waals surface area contributed by atoms with Gasteiger partial charge in [0.15, 0.2) is 0 Å². The number of halogens is 2. The van der Waals surface area contributed by atoms with E-state index in [4.69, 9.17) is 32.2 Å². The second kappa shape index (κ2) is 6.73. The molecule has 0 aromatic heterocycles. The van der Waals surface area contributed by atoms with Crippen molar-refractivity contribution in [1.82, 2.24) is 0 Å². The minimum atomic E-state index is -1.93. The molecular weight excluding hydrogens is 213 g/mol. The number of hydrogen-bond acceptors (Lipinski definition) is 2. The Morgan fingerprint density at radius 3 is 2.58 bits per heavy atom.